The lowest BCUT2D eigenvalue weighted by Gasteiger charge is -2.04. The summed E-state index contributed by atoms with van der Waals surface area (Å²) in [5, 5.41) is 8.77. The zero-order valence-electron chi connectivity index (χ0n) is 8.15. The van der Waals surface area contributed by atoms with Gasteiger partial charge in [-0.25, -0.2) is 4.39 Å². The number of hydrogen-bond donors (Lipinski definition) is 0. The van der Waals surface area contributed by atoms with Crippen molar-refractivity contribution in [2.24, 2.45) is 17.8 Å². The summed E-state index contributed by atoms with van der Waals surface area (Å²) >= 11 is 0. The molecule has 0 saturated heterocycles. The average molecular weight is 199 g/mol. The Balaban J connectivity index is 1.87. The lowest BCUT2D eigenvalue weighted by atomic mass is 10.0. The summed E-state index contributed by atoms with van der Waals surface area (Å²) in [6.45, 7) is 0. The largest absolute Gasteiger partial charge is 0.207 e. The summed E-state index contributed by atoms with van der Waals surface area (Å²) in [6.07, 6.45) is 3.08. The van der Waals surface area contributed by atoms with Gasteiger partial charge in [-0.3, -0.25) is 0 Å². The number of allylic oxidation sites excluding steroid dienone is 2. The van der Waals surface area contributed by atoms with Crippen LogP contribution in [0.15, 0.2) is 30.3 Å². The second kappa shape index (κ2) is 2.93. The van der Waals surface area contributed by atoms with Gasteiger partial charge in [-0.1, -0.05) is 18.2 Å². The number of nitriles is 1. The molecule has 0 radical (unpaired) electrons. The fraction of sp³-hybridized carbons (Fsp3) is 0.308. The van der Waals surface area contributed by atoms with Gasteiger partial charge >= 0.3 is 0 Å². The Morgan fingerprint density at radius 1 is 1.40 bits per heavy atom. The number of fused-ring (bicyclic) bond motifs is 1. The Morgan fingerprint density at radius 2 is 2.27 bits per heavy atom. The van der Waals surface area contributed by atoms with Crippen molar-refractivity contribution in [3.05, 3.63) is 41.7 Å². The van der Waals surface area contributed by atoms with Crippen LogP contribution < -0.4 is 0 Å². The highest BCUT2D eigenvalue weighted by molar-refractivity contribution is 5.70. The minimum atomic E-state index is -0.189. The molecule has 1 saturated carbocycles. The van der Waals surface area contributed by atoms with Crippen LogP contribution in [0.1, 0.15) is 12.0 Å². The molecule has 1 nitrogen and oxygen atoms in total. The molecule has 0 aromatic heterocycles. The zero-order chi connectivity index (χ0) is 10.4. The third kappa shape index (κ3) is 1.27. The first kappa shape index (κ1) is 8.67. The van der Waals surface area contributed by atoms with E-state index in [1.54, 1.807) is 12.1 Å². The van der Waals surface area contributed by atoms with Crippen molar-refractivity contribution < 1.29 is 4.39 Å². The van der Waals surface area contributed by atoms with E-state index in [0.29, 0.717) is 11.8 Å². The maximum Gasteiger partial charge on any atom is 0.123 e. The lowest BCUT2D eigenvalue weighted by Crippen LogP contribution is -1.88. The Labute approximate surface area is 87.8 Å². The highest BCUT2D eigenvalue weighted by atomic mass is 19.1. The summed E-state index contributed by atoms with van der Waals surface area (Å²) in [5.41, 5.74) is 2.18. The normalized spacial score (nSPS) is 31.7. The standard InChI is InChI=1S/C13H10FN/c14-10-3-1-2-8(4-10)9-5-11-12(6-9)13(11)7-15/h1-5,11-13H,6H2. The Hall–Kier alpha value is -1.62. The number of nitrogens with zero attached hydrogens (tertiary/aromatic N) is 1. The highest BCUT2D eigenvalue weighted by Crippen LogP contribution is 2.57. The minimum absolute atomic E-state index is 0.189. The molecule has 0 spiro atoms. The van der Waals surface area contributed by atoms with Gasteiger partial charge in [0.25, 0.3) is 0 Å². The van der Waals surface area contributed by atoms with Gasteiger partial charge in [0, 0.05) is 0 Å². The molecule has 15 heavy (non-hydrogen) atoms. The van der Waals surface area contributed by atoms with Gasteiger partial charge in [0.05, 0.1) is 12.0 Å². The summed E-state index contributed by atoms with van der Waals surface area (Å²) in [5.74, 6) is 0.981. The molecule has 0 amide bonds. The molecule has 2 heteroatoms. The van der Waals surface area contributed by atoms with Crippen LogP contribution in [-0.2, 0) is 0 Å². The molecule has 1 fully saturated rings. The highest BCUT2D eigenvalue weighted by Gasteiger charge is 2.52. The quantitative estimate of drug-likeness (QED) is 0.682. The first-order chi connectivity index (χ1) is 7.29. The molecule has 1 aromatic rings. The third-order valence-corrected chi connectivity index (χ3v) is 3.42. The number of halogens is 1. The van der Waals surface area contributed by atoms with E-state index in [2.05, 4.69) is 12.1 Å². The fourth-order valence-corrected chi connectivity index (χ4v) is 2.53. The van der Waals surface area contributed by atoms with Gasteiger partial charge in [-0.15, -0.1) is 0 Å². The van der Waals surface area contributed by atoms with Gasteiger partial charge in [0.15, 0.2) is 0 Å². The summed E-state index contributed by atoms with van der Waals surface area (Å²) in [4.78, 5) is 0. The molecule has 3 atom stereocenters. The van der Waals surface area contributed by atoms with E-state index < -0.39 is 0 Å². The smallest absolute Gasteiger partial charge is 0.123 e. The van der Waals surface area contributed by atoms with E-state index in [9.17, 15) is 4.39 Å². The van der Waals surface area contributed by atoms with Crippen LogP contribution in [0.5, 0.6) is 0 Å². The molecule has 1 aromatic carbocycles. The van der Waals surface area contributed by atoms with E-state index in [1.165, 1.54) is 11.6 Å². The van der Waals surface area contributed by atoms with Crippen LogP contribution in [0.2, 0.25) is 0 Å². The second-order valence-electron chi connectivity index (χ2n) is 4.30. The Morgan fingerprint density at radius 3 is 2.87 bits per heavy atom. The number of hydrogen-bond acceptors (Lipinski definition) is 1. The SMILES string of the molecule is N#CC1C2C=C(c3cccc(F)c3)CC12. The first-order valence-electron chi connectivity index (χ1n) is 5.16. The zero-order valence-corrected chi connectivity index (χ0v) is 8.15. The summed E-state index contributed by atoms with van der Waals surface area (Å²) in [7, 11) is 0. The maximum atomic E-state index is 13.0. The topological polar surface area (TPSA) is 23.8 Å². The number of benzene rings is 1. The molecule has 2 aliphatic carbocycles. The molecular formula is C13H10FN. The average Bonchev–Trinajstić information content (AvgIpc) is 2.70. The molecule has 0 bridgehead atoms. The van der Waals surface area contributed by atoms with Gasteiger partial charge < -0.3 is 0 Å². The molecular weight excluding hydrogens is 189 g/mol. The van der Waals surface area contributed by atoms with E-state index in [0.717, 1.165) is 12.0 Å². The van der Waals surface area contributed by atoms with Gasteiger partial charge in [-0.2, -0.15) is 5.26 Å². The van der Waals surface area contributed by atoms with Crippen molar-refractivity contribution >= 4 is 5.57 Å². The van der Waals surface area contributed by atoms with Crippen LogP contribution >= 0.6 is 0 Å². The molecule has 0 N–H and O–H groups in total. The molecule has 0 aliphatic heterocycles. The Bertz CT molecular complexity index is 484. The van der Waals surface area contributed by atoms with Gasteiger partial charge in [-0.05, 0) is 41.5 Å². The van der Waals surface area contributed by atoms with E-state index >= 15 is 0 Å². The maximum absolute atomic E-state index is 13.0. The van der Waals surface area contributed by atoms with Crippen LogP contribution in [0, 0.1) is 34.9 Å². The van der Waals surface area contributed by atoms with Crippen molar-refractivity contribution in [1.82, 2.24) is 0 Å². The molecule has 3 unspecified atom stereocenters. The molecule has 3 rings (SSSR count). The predicted octanol–water partition coefficient (Wildman–Crippen LogP) is 3.00. The van der Waals surface area contributed by atoms with E-state index in [4.69, 9.17) is 5.26 Å². The molecule has 2 aliphatic rings. The van der Waals surface area contributed by atoms with Crippen LogP contribution in [0.3, 0.4) is 0 Å². The van der Waals surface area contributed by atoms with Crippen molar-refractivity contribution in [2.45, 2.75) is 6.42 Å². The van der Waals surface area contributed by atoms with Gasteiger partial charge in [0.1, 0.15) is 5.82 Å². The van der Waals surface area contributed by atoms with Gasteiger partial charge in [0.2, 0.25) is 0 Å². The molecule has 74 valence electrons. The molecule has 0 heterocycles. The lowest BCUT2D eigenvalue weighted by molar-refractivity contribution is 0.627. The van der Waals surface area contributed by atoms with Crippen molar-refractivity contribution in [1.29, 1.82) is 5.26 Å². The first-order valence-corrected chi connectivity index (χ1v) is 5.16. The predicted molar refractivity (Wildman–Crippen MR) is 55.1 cm³/mol. The summed E-state index contributed by atoms with van der Waals surface area (Å²) < 4.78 is 13.0. The third-order valence-electron chi connectivity index (χ3n) is 3.42. The minimum Gasteiger partial charge on any atom is -0.207 e. The number of rotatable bonds is 1. The van der Waals surface area contributed by atoms with E-state index in [-0.39, 0.29) is 11.7 Å². The van der Waals surface area contributed by atoms with Crippen molar-refractivity contribution in [3.8, 4) is 6.07 Å². The van der Waals surface area contributed by atoms with E-state index in [1.807, 2.05) is 6.07 Å². The van der Waals surface area contributed by atoms with Crippen LogP contribution in [0.25, 0.3) is 5.57 Å². The van der Waals surface area contributed by atoms with Crippen LogP contribution in [-0.4, -0.2) is 0 Å². The fourth-order valence-electron chi connectivity index (χ4n) is 2.53. The van der Waals surface area contributed by atoms with Crippen molar-refractivity contribution in [3.63, 3.8) is 0 Å². The van der Waals surface area contributed by atoms with Crippen LogP contribution in [0.4, 0.5) is 4.39 Å². The second-order valence-corrected chi connectivity index (χ2v) is 4.30. The van der Waals surface area contributed by atoms with Crippen molar-refractivity contribution in [2.75, 3.05) is 0 Å². The Kier molecular flexibility index (Phi) is 1.70. The summed E-state index contributed by atoms with van der Waals surface area (Å²) in [6, 6.07) is 8.99. The monoisotopic (exact) mass is 199 g/mol.